The highest BCUT2D eigenvalue weighted by molar-refractivity contribution is 7.99. The van der Waals surface area contributed by atoms with E-state index in [4.69, 9.17) is 9.15 Å². The lowest BCUT2D eigenvalue weighted by Gasteiger charge is -2.04. The van der Waals surface area contributed by atoms with Crippen molar-refractivity contribution >= 4 is 17.7 Å². The average molecular weight is 276 g/mol. The second-order valence-corrected chi connectivity index (χ2v) is 5.13. The summed E-state index contributed by atoms with van der Waals surface area (Å²) in [6, 6.07) is 8.11. The molecule has 1 aliphatic heterocycles. The fourth-order valence-electron chi connectivity index (χ4n) is 2.02. The summed E-state index contributed by atoms with van der Waals surface area (Å²) in [7, 11) is 0. The lowest BCUT2D eigenvalue weighted by Crippen LogP contribution is -2.04. The molecule has 6 heteroatoms. The summed E-state index contributed by atoms with van der Waals surface area (Å²) in [6.07, 6.45) is 0. The molecule has 2 aromatic rings. The van der Waals surface area contributed by atoms with Crippen molar-refractivity contribution in [2.24, 2.45) is 0 Å². The van der Waals surface area contributed by atoms with E-state index >= 15 is 0 Å². The minimum atomic E-state index is -0.569. The molecule has 98 valence electrons. The molecule has 1 atom stereocenters. The van der Waals surface area contributed by atoms with Gasteiger partial charge in [0.15, 0.2) is 0 Å². The SMILES string of the molecule is CCOC(=O)c1nnc(C2CSc3ccccc32)o1. The highest BCUT2D eigenvalue weighted by Gasteiger charge is 2.29. The van der Waals surface area contributed by atoms with Gasteiger partial charge in [0.2, 0.25) is 5.89 Å². The van der Waals surface area contributed by atoms with Crippen LogP contribution in [0.4, 0.5) is 0 Å². The van der Waals surface area contributed by atoms with E-state index in [0.29, 0.717) is 12.5 Å². The Morgan fingerprint density at radius 3 is 3.16 bits per heavy atom. The zero-order chi connectivity index (χ0) is 13.2. The van der Waals surface area contributed by atoms with Crippen LogP contribution in [0.15, 0.2) is 33.6 Å². The molecule has 0 bridgehead atoms. The Morgan fingerprint density at radius 1 is 1.47 bits per heavy atom. The van der Waals surface area contributed by atoms with Crippen molar-refractivity contribution in [3.8, 4) is 0 Å². The van der Waals surface area contributed by atoms with Crippen LogP contribution in [0.5, 0.6) is 0 Å². The minimum absolute atomic E-state index is 0.0527. The summed E-state index contributed by atoms with van der Waals surface area (Å²) in [5.41, 5.74) is 1.17. The predicted molar refractivity (Wildman–Crippen MR) is 69.3 cm³/mol. The molecule has 1 aromatic heterocycles. The first kappa shape index (κ1) is 12.2. The van der Waals surface area contributed by atoms with Crippen LogP contribution in [0.25, 0.3) is 0 Å². The van der Waals surface area contributed by atoms with Crippen LogP contribution in [-0.2, 0) is 4.74 Å². The number of ether oxygens (including phenoxy) is 1. The molecule has 1 aromatic carbocycles. The van der Waals surface area contributed by atoms with Gasteiger partial charge < -0.3 is 9.15 Å². The maximum atomic E-state index is 11.5. The Morgan fingerprint density at radius 2 is 2.32 bits per heavy atom. The van der Waals surface area contributed by atoms with Crippen molar-refractivity contribution in [1.82, 2.24) is 10.2 Å². The molecule has 5 nitrogen and oxygen atoms in total. The number of nitrogens with zero attached hydrogens (tertiary/aromatic N) is 2. The third kappa shape index (κ3) is 2.23. The van der Waals surface area contributed by atoms with Crippen LogP contribution in [0.1, 0.15) is 35.0 Å². The van der Waals surface area contributed by atoms with E-state index in [-0.39, 0.29) is 11.8 Å². The summed E-state index contributed by atoms with van der Waals surface area (Å²) < 4.78 is 10.3. The summed E-state index contributed by atoms with van der Waals surface area (Å²) >= 11 is 1.75. The Hall–Kier alpha value is -1.82. The number of carbonyl (C=O) groups excluding carboxylic acids is 1. The summed E-state index contributed by atoms with van der Waals surface area (Å²) in [4.78, 5) is 12.7. The number of thioether (sulfide) groups is 1. The van der Waals surface area contributed by atoms with Gasteiger partial charge in [0.25, 0.3) is 0 Å². The number of fused-ring (bicyclic) bond motifs is 1. The summed E-state index contributed by atoms with van der Waals surface area (Å²) in [6.45, 7) is 2.03. The molecule has 0 N–H and O–H groups in total. The topological polar surface area (TPSA) is 65.2 Å². The quantitative estimate of drug-likeness (QED) is 0.802. The van der Waals surface area contributed by atoms with E-state index in [1.807, 2.05) is 18.2 Å². The van der Waals surface area contributed by atoms with E-state index in [1.165, 1.54) is 10.5 Å². The normalized spacial score (nSPS) is 17.2. The smallest absolute Gasteiger partial charge is 0.396 e. The zero-order valence-corrected chi connectivity index (χ0v) is 11.1. The molecule has 19 heavy (non-hydrogen) atoms. The molecule has 0 radical (unpaired) electrons. The van der Waals surface area contributed by atoms with E-state index in [1.54, 1.807) is 18.7 Å². The fraction of sp³-hybridized carbons (Fsp3) is 0.308. The van der Waals surface area contributed by atoms with Crippen LogP contribution in [0.3, 0.4) is 0 Å². The number of esters is 1. The van der Waals surface area contributed by atoms with Crippen molar-refractivity contribution in [2.75, 3.05) is 12.4 Å². The van der Waals surface area contributed by atoms with Crippen molar-refractivity contribution < 1.29 is 13.9 Å². The third-order valence-corrected chi connectivity index (χ3v) is 4.07. The maximum Gasteiger partial charge on any atom is 0.396 e. The first-order valence-corrected chi connectivity index (χ1v) is 7.00. The van der Waals surface area contributed by atoms with Crippen molar-refractivity contribution in [3.05, 3.63) is 41.6 Å². The fourth-order valence-corrected chi connectivity index (χ4v) is 3.24. The first-order valence-electron chi connectivity index (χ1n) is 6.02. The second-order valence-electron chi connectivity index (χ2n) is 4.07. The Bertz CT molecular complexity index is 611. The monoisotopic (exact) mass is 276 g/mol. The average Bonchev–Trinajstić information content (AvgIpc) is 3.05. The molecular formula is C13H12N2O3S. The van der Waals surface area contributed by atoms with Gasteiger partial charge in [-0.25, -0.2) is 4.79 Å². The van der Waals surface area contributed by atoms with E-state index < -0.39 is 5.97 Å². The molecule has 3 rings (SSSR count). The van der Waals surface area contributed by atoms with Gasteiger partial charge in [-0.1, -0.05) is 18.2 Å². The number of rotatable bonds is 3. The molecule has 0 amide bonds. The van der Waals surface area contributed by atoms with Crippen molar-refractivity contribution in [1.29, 1.82) is 0 Å². The molecule has 1 aliphatic rings. The third-order valence-electron chi connectivity index (χ3n) is 2.89. The van der Waals surface area contributed by atoms with E-state index in [0.717, 1.165) is 5.75 Å². The molecular weight excluding hydrogens is 264 g/mol. The van der Waals surface area contributed by atoms with E-state index in [2.05, 4.69) is 16.3 Å². The molecule has 1 unspecified atom stereocenters. The molecule has 0 saturated heterocycles. The second kappa shape index (κ2) is 5.05. The maximum absolute atomic E-state index is 11.5. The van der Waals surface area contributed by atoms with E-state index in [9.17, 15) is 4.79 Å². The molecule has 0 aliphatic carbocycles. The van der Waals surface area contributed by atoms with Crippen LogP contribution in [0.2, 0.25) is 0 Å². The Balaban J connectivity index is 1.87. The van der Waals surface area contributed by atoms with Gasteiger partial charge in [-0.15, -0.1) is 22.0 Å². The van der Waals surface area contributed by atoms with Gasteiger partial charge in [0, 0.05) is 10.6 Å². The number of aromatic nitrogens is 2. The number of hydrogen-bond donors (Lipinski definition) is 0. The largest absolute Gasteiger partial charge is 0.459 e. The minimum Gasteiger partial charge on any atom is -0.459 e. The summed E-state index contributed by atoms with van der Waals surface area (Å²) in [5.74, 6) is 0.730. The number of hydrogen-bond acceptors (Lipinski definition) is 6. The molecule has 2 heterocycles. The molecule has 0 spiro atoms. The van der Waals surface area contributed by atoms with Crippen molar-refractivity contribution in [2.45, 2.75) is 17.7 Å². The summed E-state index contributed by atoms with van der Waals surface area (Å²) in [5, 5.41) is 7.72. The van der Waals surface area contributed by atoms with Crippen LogP contribution < -0.4 is 0 Å². The van der Waals surface area contributed by atoms with Crippen LogP contribution >= 0.6 is 11.8 Å². The highest BCUT2D eigenvalue weighted by Crippen LogP contribution is 2.42. The van der Waals surface area contributed by atoms with Crippen molar-refractivity contribution in [3.63, 3.8) is 0 Å². The Kier molecular flexibility index (Phi) is 3.25. The number of carbonyl (C=O) groups is 1. The van der Waals surface area contributed by atoms with Gasteiger partial charge >= 0.3 is 11.9 Å². The zero-order valence-electron chi connectivity index (χ0n) is 10.3. The predicted octanol–water partition coefficient (Wildman–Crippen LogP) is 2.48. The van der Waals surface area contributed by atoms with Crippen LogP contribution in [0, 0.1) is 0 Å². The molecule has 0 saturated carbocycles. The van der Waals surface area contributed by atoms with Gasteiger partial charge in [-0.05, 0) is 18.6 Å². The highest BCUT2D eigenvalue weighted by atomic mass is 32.2. The van der Waals surface area contributed by atoms with Gasteiger partial charge in [-0.3, -0.25) is 0 Å². The Labute approximate surface area is 114 Å². The molecule has 0 fully saturated rings. The van der Waals surface area contributed by atoms with Gasteiger partial charge in [-0.2, -0.15) is 0 Å². The first-order chi connectivity index (χ1) is 9.29. The number of benzene rings is 1. The van der Waals surface area contributed by atoms with Gasteiger partial charge in [0.1, 0.15) is 0 Å². The van der Waals surface area contributed by atoms with Gasteiger partial charge in [0.05, 0.1) is 12.5 Å². The lowest BCUT2D eigenvalue weighted by molar-refractivity contribution is 0.0478. The van der Waals surface area contributed by atoms with Crippen LogP contribution in [-0.4, -0.2) is 28.5 Å². The standard InChI is InChI=1S/C13H12N2O3S/c1-2-17-13(16)12-15-14-11(18-12)9-7-19-10-6-4-3-5-8(9)10/h3-6,9H,2,7H2,1H3. The lowest BCUT2D eigenvalue weighted by atomic mass is 10.0.